The predicted octanol–water partition coefficient (Wildman–Crippen LogP) is 0.934. The fourth-order valence-electron chi connectivity index (χ4n) is 1.62. The van der Waals surface area contributed by atoms with E-state index in [1.54, 1.807) is 30.3 Å². The molecule has 1 rings (SSSR count). The van der Waals surface area contributed by atoms with Gasteiger partial charge >= 0.3 is 6.09 Å². The van der Waals surface area contributed by atoms with Crippen molar-refractivity contribution < 1.29 is 19.1 Å². The molecular formula is C15H21N3O4. The average molecular weight is 307 g/mol. The summed E-state index contributed by atoms with van der Waals surface area (Å²) in [5.74, 6) is -0.831. The summed E-state index contributed by atoms with van der Waals surface area (Å²) in [4.78, 5) is 34.9. The van der Waals surface area contributed by atoms with Gasteiger partial charge in [0.1, 0.15) is 11.8 Å². The van der Waals surface area contributed by atoms with Gasteiger partial charge in [-0.1, -0.05) is 25.1 Å². The second-order valence-electron chi connectivity index (χ2n) is 4.89. The molecule has 4 N–H and O–H groups in total. The Morgan fingerprint density at radius 3 is 2.36 bits per heavy atom. The summed E-state index contributed by atoms with van der Waals surface area (Å²) in [7, 11) is 0. The molecule has 0 radical (unpaired) electrons. The summed E-state index contributed by atoms with van der Waals surface area (Å²) in [5.41, 5.74) is 5.11. The quantitative estimate of drug-likeness (QED) is 0.696. The number of benzene rings is 1. The van der Waals surface area contributed by atoms with Crippen LogP contribution < -0.4 is 21.1 Å². The Labute approximate surface area is 129 Å². The molecule has 0 fully saturated rings. The van der Waals surface area contributed by atoms with Gasteiger partial charge < -0.3 is 21.1 Å². The molecular weight excluding hydrogens is 286 g/mol. The highest BCUT2D eigenvalue weighted by molar-refractivity contribution is 5.90. The maximum Gasteiger partial charge on any atom is 0.413 e. The van der Waals surface area contributed by atoms with Gasteiger partial charge in [-0.05, 0) is 25.5 Å². The molecule has 0 unspecified atom stereocenters. The number of rotatable bonds is 7. The summed E-state index contributed by atoms with van der Waals surface area (Å²) in [6.45, 7) is 3.73. The number of amides is 3. The van der Waals surface area contributed by atoms with Crippen molar-refractivity contribution in [3.05, 3.63) is 30.3 Å². The Balaban J connectivity index is 2.65. The van der Waals surface area contributed by atoms with Crippen molar-refractivity contribution in [1.82, 2.24) is 10.6 Å². The predicted molar refractivity (Wildman–Crippen MR) is 81.1 cm³/mol. The van der Waals surface area contributed by atoms with Crippen molar-refractivity contribution in [3.8, 4) is 5.75 Å². The Bertz CT molecular complexity index is 519. The van der Waals surface area contributed by atoms with Crippen LogP contribution in [0.2, 0.25) is 0 Å². The van der Waals surface area contributed by atoms with Crippen LogP contribution in [-0.2, 0) is 9.59 Å². The molecule has 3 amide bonds. The van der Waals surface area contributed by atoms with Crippen LogP contribution in [-0.4, -0.2) is 30.0 Å². The van der Waals surface area contributed by atoms with Gasteiger partial charge in [0.15, 0.2) is 0 Å². The molecule has 0 spiro atoms. The van der Waals surface area contributed by atoms with Crippen molar-refractivity contribution in [2.45, 2.75) is 38.8 Å². The molecule has 0 aliphatic carbocycles. The molecule has 120 valence electrons. The third-order valence-corrected chi connectivity index (χ3v) is 2.97. The zero-order valence-corrected chi connectivity index (χ0v) is 12.7. The number of primary amides is 1. The van der Waals surface area contributed by atoms with E-state index >= 15 is 0 Å². The van der Waals surface area contributed by atoms with Crippen LogP contribution in [0.1, 0.15) is 26.7 Å². The number of ether oxygens (including phenoxy) is 1. The standard InChI is InChI=1S/C15H21N3O4/c1-3-10(2)17-14(20)12(9-13(16)19)18-15(21)22-11-7-5-4-6-8-11/h4-8,10,12H,3,9H2,1-2H3,(H2,16,19)(H,17,20)(H,18,21)/t10-,12+/m1/s1. The van der Waals surface area contributed by atoms with Gasteiger partial charge in [-0.15, -0.1) is 0 Å². The fraction of sp³-hybridized carbons (Fsp3) is 0.400. The van der Waals surface area contributed by atoms with E-state index in [1.807, 2.05) is 13.8 Å². The van der Waals surface area contributed by atoms with Crippen molar-refractivity contribution in [1.29, 1.82) is 0 Å². The van der Waals surface area contributed by atoms with E-state index in [9.17, 15) is 14.4 Å². The van der Waals surface area contributed by atoms with E-state index in [2.05, 4.69) is 10.6 Å². The third kappa shape index (κ3) is 6.25. The normalized spacial score (nSPS) is 12.8. The van der Waals surface area contributed by atoms with Crippen LogP contribution in [0, 0.1) is 0 Å². The van der Waals surface area contributed by atoms with Crippen LogP contribution in [0.25, 0.3) is 0 Å². The van der Waals surface area contributed by atoms with Crippen LogP contribution >= 0.6 is 0 Å². The maximum atomic E-state index is 12.0. The summed E-state index contributed by atoms with van der Waals surface area (Å²) in [6.07, 6.45) is -0.396. The van der Waals surface area contributed by atoms with Gasteiger partial charge in [-0.2, -0.15) is 0 Å². The minimum Gasteiger partial charge on any atom is -0.410 e. The lowest BCUT2D eigenvalue weighted by Gasteiger charge is -2.19. The molecule has 1 aromatic rings. The molecule has 7 nitrogen and oxygen atoms in total. The van der Waals surface area contributed by atoms with Crippen LogP contribution in [0.4, 0.5) is 4.79 Å². The van der Waals surface area contributed by atoms with Gasteiger partial charge in [0, 0.05) is 6.04 Å². The summed E-state index contributed by atoms with van der Waals surface area (Å²) in [6, 6.07) is 7.25. The van der Waals surface area contributed by atoms with E-state index in [0.29, 0.717) is 5.75 Å². The monoisotopic (exact) mass is 307 g/mol. The summed E-state index contributed by atoms with van der Waals surface area (Å²) >= 11 is 0. The molecule has 1 aromatic carbocycles. The van der Waals surface area contributed by atoms with Gasteiger partial charge in [-0.25, -0.2) is 4.79 Å². The lowest BCUT2D eigenvalue weighted by atomic mass is 10.1. The van der Waals surface area contributed by atoms with Crippen LogP contribution in [0.3, 0.4) is 0 Å². The number of hydrogen-bond acceptors (Lipinski definition) is 4. The molecule has 7 heteroatoms. The third-order valence-electron chi connectivity index (χ3n) is 2.97. The molecule has 0 saturated heterocycles. The number of nitrogens with one attached hydrogen (secondary N) is 2. The zero-order chi connectivity index (χ0) is 16.5. The molecule has 0 bridgehead atoms. The first kappa shape index (κ1) is 17.5. The summed E-state index contributed by atoms with van der Waals surface area (Å²) < 4.78 is 5.03. The van der Waals surface area contributed by atoms with Crippen LogP contribution in [0.5, 0.6) is 5.75 Å². The minimum absolute atomic E-state index is 0.0742. The molecule has 0 aliphatic rings. The van der Waals surface area contributed by atoms with E-state index in [4.69, 9.17) is 10.5 Å². The van der Waals surface area contributed by atoms with E-state index in [-0.39, 0.29) is 12.5 Å². The van der Waals surface area contributed by atoms with Gasteiger partial charge in [0.25, 0.3) is 0 Å². The first-order chi connectivity index (χ1) is 10.4. The van der Waals surface area contributed by atoms with Crippen molar-refractivity contribution in [2.24, 2.45) is 5.73 Å². The number of nitrogens with two attached hydrogens (primary N) is 1. The molecule has 0 aromatic heterocycles. The molecule has 0 aliphatic heterocycles. The number of carbonyl (C=O) groups is 3. The van der Waals surface area contributed by atoms with Crippen LogP contribution in [0.15, 0.2) is 30.3 Å². The van der Waals surface area contributed by atoms with Gasteiger partial charge in [0.05, 0.1) is 6.42 Å². The number of hydrogen-bond donors (Lipinski definition) is 3. The second kappa shape index (κ2) is 8.66. The maximum absolute atomic E-state index is 12.0. The highest BCUT2D eigenvalue weighted by Gasteiger charge is 2.24. The summed E-state index contributed by atoms with van der Waals surface area (Å²) in [5, 5.41) is 5.04. The molecule has 0 saturated carbocycles. The lowest BCUT2D eigenvalue weighted by molar-refractivity contribution is -0.127. The largest absolute Gasteiger partial charge is 0.413 e. The molecule has 2 atom stereocenters. The van der Waals surface area contributed by atoms with E-state index < -0.39 is 23.9 Å². The fourth-order valence-corrected chi connectivity index (χ4v) is 1.62. The highest BCUT2D eigenvalue weighted by Crippen LogP contribution is 2.08. The van der Waals surface area contributed by atoms with Crippen molar-refractivity contribution >= 4 is 17.9 Å². The first-order valence-corrected chi connectivity index (χ1v) is 7.04. The lowest BCUT2D eigenvalue weighted by Crippen LogP contribution is -2.51. The number of para-hydroxylation sites is 1. The van der Waals surface area contributed by atoms with Gasteiger partial charge in [0.2, 0.25) is 11.8 Å². The Hall–Kier alpha value is -2.57. The Morgan fingerprint density at radius 1 is 1.18 bits per heavy atom. The SMILES string of the molecule is CC[C@@H](C)NC(=O)[C@H](CC(N)=O)NC(=O)Oc1ccccc1. The second-order valence-corrected chi connectivity index (χ2v) is 4.89. The van der Waals surface area contributed by atoms with E-state index in [1.165, 1.54) is 0 Å². The first-order valence-electron chi connectivity index (χ1n) is 7.04. The Morgan fingerprint density at radius 2 is 1.82 bits per heavy atom. The molecule has 0 heterocycles. The highest BCUT2D eigenvalue weighted by atomic mass is 16.6. The topological polar surface area (TPSA) is 111 Å². The van der Waals surface area contributed by atoms with E-state index in [0.717, 1.165) is 6.42 Å². The van der Waals surface area contributed by atoms with Gasteiger partial charge in [-0.3, -0.25) is 9.59 Å². The minimum atomic E-state index is -1.07. The number of carbonyl (C=O) groups excluding carboxylic acids is 3. The van der Waals surface area contributed by atoms with Crippen molar-refractivity contribution in [2.75, 3.05) is 0 Å². The Kier molecular flexibility index (Phi) is 6.88. The zero-order valence-electron chi connectivity index (χ0n) is 12.7. The average Bonchev–Trinajstić information content (AvgIpc) is 2.46. The molecule has 22 heavy (non-hydrogen) atoms. The smallest absolute Gasteiger partial charge is 0.410 e. The van der Waals surface area contributed by atoms with Crippen molar-refractivity contribution in [3.63, 3.8) is 0 Å².